The van der Waals surface area contributed by atoms with Gasteiger partial charge in [0.2, 0.25) is 0 Å². The third-order valence-corrected chi connectivity index (χ3v) is 4.28. The summed E-state index contributed by atoms with van der Waals surface area (Å²) >= 11 is 4.91. The number of hydrogen-bond acceptors (Lipinski definition) is 5. The van der Waals surface area contributed by atoms with Crippen molar-refractivity contribution in [1.29, 1.82) is 5.26 Å². The van der Waals surface area contributed by atoms with Gasteiger partial charge in [-0.25, -0.2) is 4.98 Å². The average Bonchev–Trinajstić information content (AvgIpc) is 2.90. The van der Waals surface area contributed by atoms with Crippen molar-refractivity contribution in [2.24, 2.45) is 0 Å². The lowest BCUT2D eigenvalue weighted by atomic mass is 10.1. The number of nitrogens with zero attached hydrogens (tertiary/aromatic N) is 2. The first kappa shape index (κ1) is 15.7. The summed E-state index contributed by atoms with van der Waals surface area (Å²) in [6.07, 6.45) is 1.79. The Balaban J connectivity index is 2.29. The maximum atomic E-state index is 9.29. The predicted molar refractivity (Wildman–Crippen MR) is 87.1 cm³/mol. The summed E-state index contributed by atoms with van der Waals surface area (Å²) in [4.78, 5) is 4.33. The number of aryl methyl sites for hydroxylation is 1. The molecular formula is C15H13BrN2O2S. The smallest absolute Gasteiger partial charge is 0.134 e. The summed E-state index contributed by atoms with van der Waals surface area (Å²) < 4.78 is 6.15. The number of rotatable bonds is 5. The van der Waals surface area contributed by atoms with Gasteiger partial charge in [0.15, 0.2) is 0 Å². The number of nitriles is 1. The van der Waals surface area contributed by atoms with Gasteiger partial charge in [0, 0.05) is 15.5 Å². The number of benzene rings is 1. The largest absolute Gasteiger partial charge is 0.491 e. The molecule has 1 aromatic carbocycles. The number of halogens is 1. The van der Waals surface area contributed by atoms with Crippen LogP contribution in [0, 0.1) is 18.3 Å². The van der Waals surface area contributed by atoms with Gasteiger partial charge >= 0.3 is 0 Å². The lowest BCUT2D eigenvalue weighted by molar-refractivity contribution is 0.201. The highest BCUT2D eigenvalue weighted by Gasteiger charge is 2.07. The fourth-order valence-corrected chi connectivity index (χ4v) is 2.89. The van der Waals surface area contributed by atoms with Crippen LogP contribution < -0.4 is 4.74 Å². The molecule has 0 spiro atoms. The van der Waals surface area contributed by atoms with Crippen molar-refractivity contribution >= 4 is 38.9 Å². The minimum Gasteiger partial charge on any atom is -0.491 e. The van der Waals surface area contributed by atoms with E-state index >= 15 is 0 Å². The van der Waals surface area contributed by atoms with E-state index < -0.39 is 0 Å². The number of thiazole rings is 1. The summed E-state index contributed by atoms with van der Waals surface area (Å²) in [5, 5.41) is 20.7. The summed E-state index contributed by atoms with van der Waals surface area (Å²) in [6, 6.07) is 7.64. The summed E-state index contributed by atoms with van der Waals surface area (Å²) in [7, 11) is 0. The molecule has 0 aliphatic heterocycles. The lowest BCUT2D eigenvalue weighted by Gasteiger charge is -2.06. The van der Waals surface area contributed by atoms with Crippen LogP contribution in [0.25, 0.3) is 11.6 Å². The number of allylic oxidation sites excluding steroid dienone is 1. The number of aliphatic hydroxyl groups excluding tert-OH is 1. The molecule has 0 saturated heterocycles. The fourth-order valence-electron chi connectivity index (χ4n) is 1.65. The second kappa shape index (κ2) is 7.36. The van der Waals surface area contributed by atoms with Crippen molar-refractivity contribution in [2.75, 3.05) is 13.2 Å². The maximum Gasteiger partial charge on any atom is 0.134 e. The van der Waals surface area contributed by atoms with Gasteiger partial charge in [0.25, 0.3) is 0 Å². The van der Waals surface area contributed by atoms with E-state index in [1.165, 1.54) is 11.3 Å². The molecule has 1 heterocycles. The van der Waals surface area contributed by atoms with Crippen LogP contribution in [0.5, 0.6) is 5.75 Å². The predicted octanol–water partition coefficient (Wildman–Crippen LogP) is 3.65. The molecule has 0 fully saturated rings. The highest BCUT2D eigenvalue weighted by molar-refractivity contribution is 9.10. The Morgan fingerprint density at radius 2 is 2.38 bits per heavy atom. The normalized spacial score (nSPS) is 11.2. The first-order chi connectivity index (χ1) is 10.1. The quantitative estimate of drug-likeness (QED) is 0.822. The standard InChI is InChI=1S/C15H13BrN2O2S/c1-10-9-21-15(18-10)12(8-17)6-11-2-3-13(7-14(11)16)20-5-4-19/h2-3,6-7,9,19H,4-5H2,1H3/b12-6+. The Bertz CT molecular complexity index is 704. The van der Waals surface area contributed by atoms with Gasteiger partial charge in [0.1, 0.15) is 23.4 Å². The van der Waals surface area contributed by atoms with Crippen LogP contribution in [-0.4, -0.2) is 23.3 Å². The number of aromatic nitrogens is 1. The molecule has 0 aliphatic carbocycles. The molecule has 108 valence electrons. The molecule has 2 rings (SSSR count). The van der Waals surface area contributed by atoms with E-state index in [0.29, 0.717) is 16.3 Å². The van der Waals surface area contributed by atoms with Crippen LogP contribution >= 0.6 is 27.3 Å². The molecule has 0 amide bonds. The number of aliphatic hydroxyl groups is 1. The van der Waals surface area contributed by atoms with Crippen molar-refractivity contribution < 1.29 is 9.84 Å². The molecule has 1 N–H and O–H groups in total. The SMILES string of the molecule is Cc1csc(/C(C#N)=C/c2ccc(OCCO)cc2Br)n1. The second-order valence-electron chi connectivity index (χ2n) is 4.22. The molecule has 21 heavy (non-hydrogen) atoms. The summed E-state index contributed by atoms with van der Waals surface area (Å²) in [5.41, 5.74) is 2.30. The molecule has 0 radical (unpaired) electrons. The highest BCUT2D eigenvalue weighted by Crippen LogP contribution is 2.28. The number of hydrogen-bond donors (Lipinski definition) is 1. The molecule has 2 aromatic rings. The Kier molecular flexibility index (Phi) is 5.51. The minimum atomic E-state index is -0.0265. The lowest BCUT2D eigenvalue weighted by Crippen LogP contribution is -2.01. The summed E-state index contributed by atoms with van der Waals surface area (Å²) in [6.45, 7) is 2.13. The van der Waals surface area contributed by atoms with E-state index in [1.54, 1.807) is 12.1 Å². The van der Waals surface area contributed by atoms with Crippen molar-refractivity contribution in [3.8, 4) is 11.8 Å². The molecule has 0 bridgehead atoms. The van der Waals surface area contributed by atoms with E-state index in [4.69, 9.17) is 9.84 Å². The molecule has 4 nitrogen and oxygen atoms in total. The molecule has 0 unspecified atom stereocenters. The minimum absolute atomic E-state index is 0.0265. The van der Waals surface area contributed by atoms with Crippen LogP contribution in [0.15, 0.2) is 28.1 Å². The van der Waals surface area contributed by atoms with Crippen molar-refractivity contribution in [1.82, 2.24) is 4.98 Å². The molecule has 6 heteroatoms. The van der Waals surface area contributed by atoms with Crippen LogP contribution in [-0.2, 0) is 0 Å². The topological polar surface area (TPSA) is 66.1 Å². The van der Waals surface area contributed by atoms with Gasteiger partial charge in [-0.15, -0.1) is 11.3 Å². The third-order valence-electron chi connectivity index (χ3n) is 2.60. The van der Waals surface area contributed by atoms with Crippen molar-refractivity contribution in [3.05, 3.63) is 44.3 Å². The van der Waals surface area contributed by atoms with E-state index in [9.17, 15) is 5.26 Å². The molecule has 0 atom stereocenters. The Morgan fingerprint density at radius 3 is 2.95 bits per heavy atom. The Morgan fingerprint density at radius 1 is 1.57 bits per heavy atom. The maximum absolute atomic E-state index is 9.29. The van der Waals surface area contributed by atoms with Crippen molar-refractivity contribution in [3.63, 3.8) is 0 Å². The second-order valence-corrected chi connectivity index (χ2v) is 5.93. The van der Waals surface area contributed by atoms with Crippen LogP contribution in [0.2, 0.25) is 0 Å². The van der Waals surface area contributed by atoms with E-state index in [1.807, 2.05) is 24.4 Å². The van der Waals surface area contributed by atoms with E-state index in [0.717, 1.165) is 15.7 Å². The average molecular weight is 365 g/mol. The van der Waals surface area contributed by atoms with Crippen molar-refractivity contribution in [2.45, 2.75) is 6.92 Å². The number of ether oxygens (including phenoxy) is 1. The van der Waals surface area contributed by atoms with Gasteiger partial charge in [-0.2, -0.15) is 5.26 Å². The molecule has 0 aliphatic rings. The van der Waals surface area contributed by atoms with Gasteiger partial charge in [-0.3, -0.25) is 0 Å². The molecular weight excluding hydrogens is 352 g/mol. The van der Waals surface area contributed by atoms with Gasteiger partial charge < -0.3 is 9.84 Å². The van der Waals surface area contributed by atoms with E-state index in [2.05, 4.69) is 27.0 Å². The first-order valence-electron chi connectivity index (χ1n) is 6.21. The van der Waals surface area contributed by atoms with Gasteiger partial charge in [-0.05, 0) is 30.7 Å². The highest BCUT2D eigenvalue weighted by atomic mass is 79.9. The zero-order valence-electron chi connectivity index (χ0n) is 11.3. The van der Waals surface area contributed by atoms with Gasteiger partial charge in [0.05, 0.1) is 12.2 Å². The third kappa shape index (κ3) is 4.14. The van der Waals surface area contributed by atoms with Gasteiger partial charge in [-0.1, -0.05) is 22.0 Å². The monoisotopic (exact) mass is 364 g/mol. The Hall–Kier alpha value is -1.68. The Labute approximate surface area is 135 Å². The fraction of sp³-hybridized carbons (Fsp3) is 0.200. The molecule has 1 aromatic heterocycles. The molecule has 0 saturated carbocycles. The van der Waals surface area contributed by atoms with Crippen LogP contribution in [0.3, 0.4) is 0 Å². The van der Waals surface area contributed by atoms with Crippen LogP contribution in [0.1, 0.15) is 16.3 Å². The van der Waals surface area contributed by atoms with E-state index in [-0.39, 0.29) is 13.2 Å². The zero-order chi connectivity index (χ0) is 15.2. The zero-order valence-corrected chi connectivity index (χ0v) is 13.7. The summed E-state index contributed by atoms with van der Waals surface area (Å²) in [5.74, 6) is 0.664. The van der Waals surface area contributed by atoms with Crippen LogP contribution in [0.4, 0.5) is 0 Å². The first-order valence-corrected chi connectivity index (χ1v) is 7.89.